The van der Waals surface area contributed by atoms with E-state index in [-0.39, 0.29) is 16.8 Å². The molecular weight excluding hydrogens is 374 g/mol. The van der Waals surface area contributed by atoms with E-state index in [1.807, 2.05) is 7.05 Å². The second kappa shape index (κ2) is 7.76. The van der Waals surface area contributed by atoms with Gasteiger partial charge in [-0.25, -0.2) is 8.42 Å². The smallest absolute Gasteiger partial charge is 0.251 e. The highest BCUT2D eigenvalue weighted by Crippen LogP contribution is 2.49. The summed E-state index contributed by atoms with van der Waals surface area (Å²) in [4.78, 5) is 15.1. The van der Waals surface area contributed by atoms with Crippen molar-refractivity contribution in [2.45, 2.75) is 43.5 Å². The van der Waals surface area contributed by atoms with E-state index in [4.69, 9.17) is 0 Å². The van der Waals surface area contributed by atoms with Crippen LogP contribution in [0.3, 0.4) is 0 Å². The number of hydrogen-bond acceptors (Lipinski definition) is 4. The van der Waals surface area contributed by atoms with Crippen LogP contribution in [0.4, 0.5) is 0 Å². The topological polar surface area (TPSA) is 69.7 Å². The molecule has 1 N–H and O–H groups in total. The van der Waals surface area contributed by atoms with Crippen molar-refractivity contribution in [3.8, 4) is 0 Å². The van der Waals surface area contributed by atoms with Gasteiger partial charge in [0, 0.05) is 37.8 Å². The van der Waals surface area contributed by atoms with Gasteiger partial charge < -0.3 is 10.2 Å². The van der Waals surface area contributed by atoms with Crippen LogP contribution in [0.5, 0.6) is 0 Å². The Bertz CT molecular complexity index is 833. The molecule has 2 bridgehead atoms. The molecule has 6 nitrogen and oxygen atoms in total. The average Bonchev–Trinajstić information content (AvgIpc) is 3.32. The minimum Gasteiger partial charge on any atom is -0.349 e. The number of carbonyl (C=O) groups excluding carboxylic acids is 1. The molecule has 7 heteroatoms. The van der Waals surface area contributed by atoms with E-state index in [9.17, 15) is 13.2 Å². The van der Waals surface area contributed by atoms with Gasteiger partial charge in [0.25, 0.3) is 5.91 Å². The highest BCUT2D eigenvalue weighted by Gasteiger charge is 2.42. The van der Waals surface area contributed by atoms with Crippen molar-refractivity contribution < 1.29 is 13.2 Å². The van der Waals surface area contributed by atoms with E-state index in [1.54, 1.807) is 18.2 Å². The van der Waals surface area contributed by atoms with Crippen molar-refractivity contribution in [2.75, 3.05) is 33.2 Å². The Kier molecular flexibility index (Phi) is 5.51. The fraction of sp³-hybridized carbons (Fsp3) is 0.667. The number of fused-ring (bicyclic) bond motifs is 2. The molecule has 1 aromatic rings. The maximum atomic E-state index is 13.0. The Hall–Kier alpha value is -1.44. The summed E-state index contributed by atoms with van der Waals surface area (Å²) in [5.74, 6) is 1.96. The second-order valence-electron chi connectivity index (χ2n) is 8.84. The minimum atomic E-state index is -3.57. The first kappa shape index (κ1) is 19.9. The van der Waals surface area contributed by atoms with Gasteiger partial charge in [0.1, 0.15) is 0 Å². The third kappa shape index (κ3) is 3.84. The van der Waals surface area contributed by atoms with Gasteiger partial charge in [0.2, 0.25) is 10.0 Å². The van der Waals surface area contributed by atoms with Crippen molar-refractivity contribution in [1.29, 1.82) is 0 Å². The number of amides is 1. The maximum Gasteiger partial charge on any atom is 0.251 e. The number of hydrogen-bond donors (Lipinski definition) is 1. The van der Waals surface area contributed by atoms with E-state index in [2.05, 4.69) is 17.1 Å². The highest BCUT2D eigenvalue weighted by molar-refractivity contribution is 7.89. The molecule has 1 saturated heterocycles. The summed E-state index contributed by atoms with van der Waals surface area (Å²) < 4.78 is 27.4. The van der Waals surface area contributed by atoms with E-state index in [0.29, 0.717) is 24.6 Å². The fourth-order valence-corrected chi connectivity index (χ4v) is 6.75. The fourth-order valence-electron chi connectivity index (χ4n) is 5.28. The molecule has 2 saturated carbocycles. The minimum absolute atomic E-state index is 0.126. The average molecular weight is 406 g/mol. The molecular formula is C21H31N3O3S. The molecule has 154 valence electrons. The normalized spacial score (nSPS) is 29.7. The lowest BCUT2D eigenvalue weighted by molar-refractivity contribution is 0.0915. The summed E-state index contributed by atoms with van der Waals surface area (Å²) in [7, 11) is -1.57. The number of likely N-dealkylation sites (N-methyl/N-ethyl adjacent to an activating group) is 1. The predicted molar refractivity (Wildman–Crippen MR) is 109 cm³/mol. The van der Waals surface area contributed by atoms with Crippen molar-refractivity contribution in [3.05, 3.63) is 29.8 Å². The first-order chi connectivity index (χ1) is 13.3. The predicted octanol–water partition coefficient (Wildman–Crippen LogP) is 2.18. The Labute approximate surface area is 168 Å². The van der Waals surface area contributed by atoms with Gasteiger partial charge in [-0.15, -0.1) is 0 Å². The molecule has 1 aromatic carbocycles. The molecule has 3 aliphatic rings. The van der Waals surface area contributed by atoms with E-state index < -0.39 is 10.0 Å². The van der Waals surface area contributed by atoms with Crippen LogP contribution >= 0.6 is 0 Å². The molecule has 4 atom stereocenters. The molecule has 2 aliphatic carbocycles. The largest absolute Gasteiger partial charge is 0.349 e. The van der Waals surface area contributed by atoms with Gasteiger partial charge in [-0.05, 0) is 69.2 Å². The number of carbonyl (C=O) groups is 1. The van der Waals surface area contributed by atoms with Crippen LogP contribution in [0, 0.1) is 17.8 Å². The molecule has 0 unspecified atom stereocenters. The van der Waals surface area contributed by atoms with Crippen LogP contribution < -0.4 is 5.32 Å². The third-order valence-electron chi connectivity index (χ3n) is 6.99. The Morgan fingerprint density at radius 1 is 1.14 bits per heavy atom. The van der Waals surface area contributed by atoms with E-state index in [0.717, 1.165) is 24.9 Å². The molecule has 0 spiro atoms. The first-order valence-electron chi connectivity index (χ1n) is 10.4. The Morgan fingerprint density at radius 3 is 2.54 bits per heavy atom. The third-order valence-corrected chi connectivity index (χ3v) is 8.88. The quantitative estimate of drug-likeness (QED) is 0.815. The zero-order valence-corrected chi connectivity index (χ0v) is 17.6. The zero-order chi connectivity index (χ0) is 19.9. The molecule has 1 amide bonds. The van der Waals surface area contributed by atoms with Crippen molar-refractivity contribution >= 4 is 15.9 Å². The van der Waals surface area contributed by atoms with Gasteiger partial charge in [0.15, 0.2) is 0 Å². The van der Waals surface area contributed by atoms with Crippen molar-refractivity contribution in [1.82, 2.24) is 14.5 Å². The lowest BCUT2D eigenvalue weighted by Gasteiger charge is -2.31. The summed E-state index contributed by atoms with van der Waals surface area (Å²) in [6.45, 7) is 4.50. The summed E-state index contributed by atoms with van der Waals surface area (Å²) in [6.07, 6.45) is 5.15. The van der Waals surface area contributed by atoms with Crippen LogP contribution in [0.15, 0.2) is 29.2 Å². The molecule has 3 fully saturated rings. The number of sulfonamides is 1. The van der Waals surface area contributed by atoms with Gasteiger partial charge in [-0.2, -0.15) is 4.31 Å². The summed E-state index contributed by atoms with van der Waals surface area (Å²) >= 11 is 0. The number of nitrogens with zero attached hydrogens (tertiary/aromatic N) is 2. The van der Waals surface area contributed by atoms with Crippen LogP contribution in [-0.2, 0) is 10.0 Å². The number of nitrogens with one attached hydrogen (secondary N) is 1. The molecule has 4 rings (SSSR count). The summed E-state index contributed by atoms with van der Waals surface area (Å²) in [6, 6.07) is 6.60. The van der Waals surface area contributed by atoms with Gasteiger partial charge >= 0.3 is 0 Å². The molecule has 1 aliphatic heterocycles. The standard InChI is InChI=1S/C21H31N3O3S/c1-15(20-13-16-6-7-17(20)12-16)22-21(25)18-4-3-5-19(14-18)28(26,27)24-10-8-23(2)9-11-24/h3-5,14-17,20H,6-13H2,1-2H3,(H,22,25)/t15-,16-,17-,20+/m0/s1. The Morgan fingerprint density at radius 2 is 1.89 bits per heavy atom. The lowest BCUT2D eigenvalue weighted by atomic mass is 9.84. The van der Waals surface area contributed by atoms with Crippen LogP contribution in [-0.4, -0.2) is 62.8 Å². The monoisotopic (exact) mass is 405 g/mol. The number of benzene rings is 1. The maximum absolute atomic E-state index is 13.0. The van der Waals surface area contributed by atoms with Crippen molar-refractivity contribution in [3.63, 3.8) is 0 Å². The van der Waals surface area contributed by atoms with Gasteiger partial charge in [-0.3, -0.25) is 4.79 Å². The lowest BCUT2D eigenvalue weighted by Crippen LogP contribution is -2.47. The van der Waals surface area contributed by atoms with Crippen LogP contribution in [0.2, 0.25) is 0 Å². The molecule has 28 heavy (non-hydrogen) atoms. The Balaban J connectivity index is 1.45. The van der Waals surface area contributed by atoms with E-state index >= 15 is 0 Å². The van der Waals surface area contributed by atoms with Crippen LogP contribution in [0.25, 0.3) is 0 Å². The molecule has 0 radical (unpaired) electrons. The van der Waals surface area contributed by atoms with Crippen molar-refractivity contribution in [2.24, 2.45) is 17.8 Å². The first-order valence-corrected chi connectivity index (χ1v) is 11.9. The van der Waals surface area contributed by atoms with Gasteiger partial charge in [0.05, 0.1) is 4.90 Å². The summed E-state index contributed by atoms with van der Waals surface area (Å²) in [5, 5.41) is 3.13. The second-order valence-corrected chi connectivity index (χ2v) is 10.8. The molecule has 0 aromatic heterocycles. The zero-order valence-electron chi connectivity index (χ0n) is 16.8. The number of rotatable bonds is 5. The van der Waals surface area contributed by atoms with E-state index in [1.165, 1.54) is 36.1 Å². The SMILES string of the molecule is C[C@H](NC(=O)c1cccc(S(=O)(=O)N2CCN(C)CC2)c1)[C@H]1C[C@H]2CC[C@H]1C2. The van der Waals surface area contributed by atoms with Gasteiger partial charge in [-0.1, -0.05) is 12.5 Å². The number of piperazine rings is 1. The summed E-state index contributed by atoms with van der Waals surface area (Å²) in [5.41, 5.74) is 0.421. The van der Waals surface area contributed by atoms with Crippen LogP contribution in [0.1, 0.15) is 43.0 Å². The molecule has 1 heterocycles. The highest BCUT2D eigenvalue weighted by atomic mass is 32.2.